The maximum atomic E-state index is 13.1. The molecular formula is C22H18Br2Cl2FNO3. The SMILES string of the molecule is CC1(C)[C@H](C(=O)O[C@H](C#N)c2cccc(Oc3ccc(F)cc3)c2)[C@@H]1C(Br)C(Cl)(Cl)Br. The average Bonchev–Trinajstić information content (AvgIpc) is 3.28. The standard InChI is InChI=1S/C22H18Br2Cl2FNO3/c1-21(2)17(19(23)22(24,25)26)18(21)20(29)31-16(11-28)12-4-3-5-15(10-12)30-14-8-6-13(27)7-9-14/h3-10,16-19H,1-2H3/t16-,17-,18+,19?/m1/s1. The van der Waals surface area contributed by atoms with E-state index in [2.05, 4.69) is 31.9 Å². The van der Waals surface area contributed by atoms with Gasteiger partial charge in [0.1, 0.15) is 23.4 Å². The van der Waals surface area contributed by atoms with Gasteiger partial charge < -0.3 is 9.47 Å². The van der Waals surface area contributed by atoms with Crippen LogP contribution in [0.25, 0.3) is 0 Å². The van der Waals surface area contributed by atoms with E-state index in [1.54, 1.807) is 24.3 Å². The number of carbonyl (C=O) groups is 1. The van der Waals surface area contributed by atoms with Gasteiger partial charge in [-0.2, -0.15) is 5.26 Å². The molecule has 2 aromatic carbocycles. The molecule has 0 spiro atoms. The number of hydrogen-bond acceptors (Lipinski definition) is 4. The fourth-order valence-corrected chi connectivity index (χ4v) is 5.16. The lowest BCUT2D eigenvalue weighted by Gasteiger charge is -2.20. The van der Waals surface area contributed by atoms with Crippen molar-refractivity contribution in [3.05, 3.63) is 59.9 Å². The number of ether oxygens (including phenoxy) is 2. The molecule has 0 amide bonds. The van der Waals surface area contributed by atoms with Crippen LogP contribution in [0, 0.1) is 34.4 Å². The van der Waals surface area contributed by atoms with Crippen molar-refractivity contribution in [1.29, 1.82) is 5.26 Å². The first-order valence-electron chi connectivity index (χ1n) is 9.29. The van der Waals surface area contributed by atoms with Crippen LogP contribution in [0.2, 0.25) is 0 Å². The fraction of sp³-hybridized carbons (Fsp3) is 0.364. The lowest BCUT2D eigenvalue weighted by atomic mass is 10.1. The Kier molecular flexibility index (Phi) is 7.27. The van der Waals surface area contributed by atoms with E-state index in [0.717, 1.165) is 0 Å². The summed E-state index contributed by atoms with van der Waals surface area (Å²) in [4.78, 5) is 12.5. The van der Waals surface area contributed by atoms with Crippen LogP contribution < -0.4 is 4.74 Å². The van der Waals surface area contributed by atoms with Gasteiger partial charge in [-0.15, -0.1) is 0 Å². The van der Waals surface area contributed by atoms with Crippen molar-refractivity contribution in [2.45, 2.75) is 28.0 Å². The Morgan fingerprint density at radius 3 is 2.45 bits per heavy atom. The van der Waals surface area contributed by atoms with E-state index in [0.29, 0.717) is 17.1 Å². The third kappa shape index (κ3) is 5.54. The highest BCUT2D eigenvalue weighted by molar-refractivity contribution is 9.13. The molecule has 1 unspecified atom stereocenters. The number of hydrogen-bond donors (Lipinski definition) is 0. The topological polar surface area (TPSA) is 59.3 Å². The molecule has 0 radical (unpaired) electrons. The Balaban J connectivity index is 1.72. The summed E-state index contributed by atoms with van der Waals surface area (Å²) >= 11 is 18.9. The summed E-state index contributed by atoms with van der Waals surface area (Å²) in [6.07, 6.45) is -1.11. The minimum atomic E-state index is -1.25. The normalized spacial score (nSPS) is 21.5. The second-order valence-corrected chi connectivity index (χ2v) is 12.4. The number of carbonyl (C=O) groups excluding carboxylic acids is 1. The van der Waals surface area contributed by atoms with Crippen LogP contribution in [0.15, 0.2) is 48.5 Å². The smallest absolute Gasteiger partial charge is 0.311 e. The second-order valence-electron chi connectivity index (χ2n) is 7.84. The number of nitriles is 1. The minimum absolute atomic E-state index is 0.179. The van der Waals surface area contributed by atoms with E-state index in [4.69, 9.17) is 32.7 Å². The Bertz CT molecular complexity index is 1010. The summed E-state index contributed by atoms with van der Waals surface area (Å²) in [5.74, 6) is -0.650. The predicted molar refractivity (Wildman–Crippen MR) is 124 cm³/mol. The minimum Gasteiger partial charge on any atom is -0.457 e. The fourth-order valence-electron chi connectivity index (χ4n) is 3.62. The lowest BCUT2D eigenvalue weighted by Crippen LogP contribution is -2.24. The van der Waals surface area contributed by atoms with Crippen LogP contribution in [0.1, 0.15) is 25.5 Å². The molecule has 31 heavy (non-hydrogen) atoms. The summed E-state index contributed by atoms with van der Waals surface area (Å²) in [6.45, 7) is 3.84. The molecule has 0 aliphatic heterocycles. The third-order valence-corrected chi connectivity index (χ3v) is 8.72. The van der Waals surface area contributed by atoms with Crippen LogP contribution >= 0.6 is 55.1 Å². The monoisotopic (exact) mass is 591 g/mol. The van der Waals surface area contributed by atoms with E-state index in [9.17, 15) is 14.4 Å². The Hall–Kier alpha value is -1.33. The van der Waals surface area contributed by atoms with Gasteiger partial charge in [-0.05, 0) is 63.7 Å². The molecule has 0 N–H and O–H groups in total. The van der Waals surface area contributed by atoms with Crippen molar-refractivity contribution in [3.8, 4) is 17.6 Å². The highest BCUT2D eigenvalue weighted by Gasteiger charge is 2.67. The molecule has 0 heterocycles. The average molecular weight is 594 g/mol. The van der Waals surface area contributed by atoms with Gasteiger partial charge in [-0.3, -0.25) is 4.79 Å². The number of alkyl halides is 4. The summed E-state index contributed by atoms with van der Waals surface area (Å²) in [6, 6.07) is 14.2. The molecule has 9 heteroatoms. The zero-order valence-electron chi connectivity index (χ0n) is 16.5. The zero-order chi connectivity index (χ0) is 23.0. The molecule has 0 bridgehead atoms. The van der Waals surface area contributed by atoms with Crippen LogP contribution in [0.5, 0.6) is 11.5 Å². The van der Waals surface area contributed by atoms with Gasteiger partial charge in [0.2, 0.25) is 6.10 Å². The molecule has 3 rings (SSSR count). The first-order chi connectivity index (χ1) is 14.4. The van der Waals surface area contributed by atoms with Crippen molar-refractivity contribution in [2.75, 3.05) is 0 Å². The highest BCUT2D eigenvalue weighted by Crippen LogP contribution is 2.65. The van der Waals surface area contributed by atoms with Gasteiger partial charge in [0, 0.05) is 5.56 Å². The van der Waals surface area contributed by atoms with Gasteiger partial charge in [0.25, 0.3) is 0 Å². The molecule has 1 aliphatic carbocycles. The van der Waals surface area contributed by atoms with Crippen molar-refractivity contribution in [2.24, 2.45) is 17.3 Å². The lowest BCUT2D eigenvalue weighted by molar-refractivity contribution is -0.149. The van der Waals surface area contributed by atoms with E-state index in [-0.39, 0.29) is 11.7 Å². The number of benzene rings is 2. The molecule has 0 saturated heterocycles. The summed E-state index contributed by atoms with van der Waals surface area (Å²) < 4.78 is 23.1. The van der Waals surface area contributed by atoms with Crippen molar-refractivity contribution in [1.82, 2.24) is 0 Å². The predicted octanol–water partition coefficient (Wildman–Crippen LogP) is 7.29. The van der Waals surface area contributed by atoms with E-state index >= 15 is 0 Å². The quantitative estimate of drug-likeness (QED) is 0.250. The second kappa shape index (κ2) is 9.27. The molecule has 4 nitrogen and oxygen atoms in total. The van der Waals surface area contributed by atoms with Crippen LogP contribution in [0.3, 0.4) is 0 Å². The van der Waals surface area contributed by atoms with Gasteiger partial charge in [0.15, 0.2) is 3.24 Å². The zero-order valence-corrected chi connectivity index (χ0v) is 21.2. The van der Waals surface area contributed by atoms with Gasteiger partial charge in [-0.25, -0.2) is 4.39 Å². The van der Waals surface area contributed by atoms with E-state index < -0.39 is 31.5 Å². The van der Waals surface area contributed by atoms with Gasteiger partial charge >= 0.3 is 5.97 Å². The molecule has 2 aromatic rings. The summed E-state index contributed by atoms with van der Waals surface area (Å²) in [7, 11) is 0. The number of esters is 1. The Morgan fingerprint density at radius 1 is 1.23 bits per heavy atom. The van der Waals surface area contributed by atoms with E-state index in [1.807, 2.05) is 19.9 Å². The maximum absolute atomic E-state index is 13.1. The number of rotatable bonds is 7. The van der Waals surface area contributed by atoms with Crippen LogP contribution in [-0.4, -0.2) is 14.0 Å². The molecule has 164 valence electrons. The summed E-state index contributed by atoms with van der Waals surface area (Å²) in [5.41, 5.74) is 0.0621. The first-order valence-corrected chi connectivity index (χ1v) is 11.8. The van der Waals surface area contributed by atoms with Crippen molar-refractivity contribution >= 4 is 61.0 Å². The van der Waals surface area contributed by atoms with Gasteiger partial charge in [-0.1, -0.05) is 65.1 Å². The van der Waals surface area contributed by atoms with E-state index in [1.165, 1.54) is 24.3 Å². The number of nitrogens with zero attached hydrogens (tertiary/aromatic N) is 1. The van der Waals surface area contributed by atoms with Gasteiger partial charge in [0.05, 0.1) is 10.7 Å². The van der Waals surface area contributed by atoms with Crippen LogP contribution in [-0.2, 0) is 9.53 Å². The Labute approximate surface area is 206 Å². The third-order valence-electron chi connectivity index (χ3n) is 5.35. The maximum Gasteiger partial charge on any atom is 0.311 e. The highest BCUT2D eigenvalue weighted by atomic mass is 79.9. The molecule has 4 atom stereocenters. The first kappa shape index (κ1) is 24.3. The molecule has 0 aromatic heterocycles. The molecular weight excluding hydrogens is 576 g/mol. The molecule has 1 aliphatic rings. The Morgan fingerprint density at radius 2 is 1.87 bits per heavy atom. The van der Waals surface area contributed by atoms with Crippen molar-refractivity contribution in [3.63, 3.8) is 0 Å². The van der Waals surface area contributed by atoms with Crippen molar-refractivity contribution < 1.29 is 18.7 Å². The largest absolute Gasteiger partial charge is 0.457 e. The molecule has 1 saturated carbocycles. The van der Waals surface area contributed by atoms with Crippen LogP contribution in [0.4, 0.5) is 4.39 Å². The molecule has 1 fully saturated rings. The number of halogens is 5. The summed E-state index contributed by atoms with van der Waals surface area (Å²) in [5, 5.41) is 9.61.